The van der Waals surface area contributed by atoms with E-state index in [0.29, 0.717) is 13.4 Å². The van der Waals surface area contributed by atoms with Gasteiger partial charge in [-0.15, -0.1) is 6.42 Å². The molecule has 0 aromatic heterocycles. The van der Waals surface area contributed by atoms with Crippen LogP contribution in [0.15, 0.2) is 24.3 Å². The molecule has 0 saturated heterocycles. The number of terminal acetylenes is 1. The van der Waals surface area contributed by atoms with E-state index in [2.05, 4.69) is 5.92 Å². The van der Waals surface area contributed by atoms with Gasteiger partial charge in [-0.25, -0.2) is 0 Å². The lowest BCUT2D eigenvalue weighted by molar-refractivity contribution is -0.0390. The number of ether oxygens (including phenoxy) is 2. The summed E-state index contributed by atoms with van der Waals surface area (Å²) in [4.78, 5) is 0. The summed E-state index contributed by atoms with van der Waals surface area (Å²) in [5.74, 6) is 2.57. The van der Waals surface area contributed by atoms with Crippen LogP contribution in [0, 0.1) is 12.3 Å². The van der Waals surface area contributed by atoms with Crippen molar-refractivity contribution in [2.75, 3.05) is 13.9 Å². The van der Waals surface area contributed by atoms with E-state index >= 15 is 0 Å². The maximum Gasteiger partial charge on any atom is 0.146 e. The van der Waals surface area contributed by atoms with Crippen molar-refractivity contribution in [3.05, 3.63) is 35.4 Å². The van der Waals surface area contributed by atoms with Crippen LogP contribution in [0.4, 0.5) is 0 Å². The highest BCUT2D eigenvalue weighted by atomic mass is 16.7. The number of hydrogen-bond acceptors (Lipinski definition) is 2. The van der Waals surface area contributed by atoms with Gasteiger partial charge >= 0.3 is 0 Å². The molecule has 0 amide bonds. The van der Waals surface area contributed by atoms with Crippen molar-refractivity contribution in [3.8, 4) is 12.3 Å². The standard InChI is InChI=1S/C11H12O2/c1-3-10-5-4-6-11(7-10)8-13-9-12-2/h1,4-7H,8-9H2,2H3. The van der Waals surface area contributed by atoms with Crippen LogP contribution in [0.25, 0.3) is 0 Å². The first-order chi connectivity index (χ1) is 6.36. The predicted octanol–water partition coefficient (Wildman–Crippen LogP) is 1.79. The third-order valence-corrected chi connectivity index (χ3v) is 1.56. The molecule has 0 spiro atoms. The van der Waals surface area contributed by atoms with Crippen LogP contribution < -0.4 is 0 Å². The molecule has 0 heterocycles. The fourth-order valence-corrected chi connectivity index (χ4v) is 0.994. The maximum absolute atomic E-state index is 5.26. The Morgan fingerprint density at radius 1 is 1.46 bits per heavy atom. The summed E-state index contributed by atoms with van der Waals surface area (Å²) < 4.78 is 9.94. The highest BCUT2D eigenvalue weighted by molar-refractivity contribution is 5.34. The van der Waals surface area contributed by atoms with Crippen LogP contribution in [0.1, 0.15) is 11.1 Å². The highest BCUT2D eigenvalue weighted by Gasteiger charge is 1.93. The van der Waals surface area contributed by atoms with Gasteiger partial charge in [-0.05, 0) is 17.7 Å². The second kappa shape index (κ2) is 5.36. The van der Waals surface area contributed by atoms with E-state index in [0.717, 1.165) is 11.1 Å². The zero-order valence-electron chi connectivity index (χ0n) is 7.62. The van der Waals surface area contributed by atoms with Crippen molar-refractivity contribution >= 4 is 0 Å². The normalized spacial score (nSPS) is 9.54. The Hall–Kier alpha value is -1.30. The molecule has 2 nitrogen and oxygen atoms in total. The van der Waals surface area contributed by atoms with Gasteiger partial charge < -0.3 is 9.47 Å². The molecule has 68 valence electrons. The van der Waals surface area contributed by atoms with Crippen LogP contribution >= 0.6 is 0 Å². The summed E-state index contributed by atoms with van der Waals surface area (Å²) in [7, 11) is 1.60. The number of methoxy groups -OCH3 is 1. The van der Waals surface area contributed by atoms with E-state index in [1.165, 1.54) is 0 Å². The van der Waals surface area contributed by atoms with Crippen molar-refractivity contribution in [1.82, 2.24) is 0 Å². The molecule has 0 unspecified atom stereocenters. The Labute approximate surface area is 78.5 Å². The SMILES string of the molecule is C#Cc1cccc(COCOC)c1. The average Bonchev–Trinajstić information content (AvgIpc) is 2.19. The topological polar surface area (TPSA) is 18.5 Å². The Morgan fingerprint density at radius 3 is 3.00 bits per heavy atom. The number of hydrogen-bond donors (Lipinski definition) is 0. The minimum Gasteiger partial charge on any atom is -0.359 e. The van der Waals surface area contributed by atoms with Gasteiger partial charge in [0.15, 0.2) is 0 Å². The van der Waals surface area contributed by atoms with Crippen molar-refractivity contribution in [3.63, 3.8) is 0 Å². The molecule has 13 heavy (non-hydrogen) atoms. The molecule has 0 aliphatic rings. The zero-order chi connectivity index (χ0) is 9.52. The van der Waals surface area contributed by atoms with Crippen LogP contribution in [-0.4, -0.2) is 13.9 Å². The second-order valence-electron chi connectivity index (χ2n) is 2.60. The van der Waals surface area contributed by atoms with Gasteiger partial charge in [-0.2, -0.15) is 0 Å². The fourth-order valence-electron chi connectivity index (χ4n) is 0.994. The van der Waals surface area contributed by atoms with Crippen molar-refractivity contribution in [1.29, 1.82) is 0 Å². The van der Waals surface area contributed by atoms with E-state index in [-0.39, 0.29) is 0 Å². The highest BCUT2D eigenvalue weighted by Crippen LogP contribution is 2.05. The summed E-state index contributed by atoms with van der Waals surface area (Å²) in [6.45, 7) is 0.837. The summed E-state index contributed by atoms with van der Waals surface area (Å²) in [5.41, 5.74) is 1.94. The molecule has 1 rings (SSSR count). The van der Waals surface area contributed by atoms with Crippen molar-refractivity contribution < 1.29 is 9.47 Å². The molecule has 1 aromatic carbocycles. The molecule has 2 heteroatoms. The third-order valence-electron chi connectivity index (χ3n) is 1.56. The minimum absolute atomic E-state index is 0.306. The Balaban J connectivity index is 2.52. The van der Waals surface area contributed by atoms with Crippen molar-refractivity contribution in [2.24, 2.45) is 0 Å². The maximum atomic E-state index is 5.26. The smallest absolute Gasteiger partial charge is 0.146 e. The first-order valence-electron chi connectivity index (χ1n) is 3.99. The molecule has 0 saturated carbocycles. The monoisotopic (exact) mass is 176 g/mol. The Morgan fingerprint density at radius 2 is 2.31 bits per heavy atom. The second-order valence-corrected chi connectivity index (χ2v) is 2.60. The molecular weight excluding hydrogens is 164 g/mol. The quantitative estimate of drug-likeness (QED) is 0.395. The Bertz CT molecular complexity index is 299. The van der Waals surface area contributed by atoms with Gasteiger partial charge in [-0.1, -0.05) is 18.1 Å². The lowest BCUT2D eigenvalue weighted by atomic mass is 10.1. The van der Waals surface area contributed by atoms with Crippen LogP contribution in [-0.2, 0) is 16.1 Å². The molecule has 0 atom stereocenters. The number of benzene rings is 1. The largest absolute Gasteiger partial charge is 0.359 e. The molecule has 0 aliphatic heterocycles. The summed E-state index contributed by atoms with van der Waals surface area (Å²) in [6.07, 6.45) is 5.26. The molecular formula is C11H12O2. The third kappa shape index (κ3) is 3.29. The lowest BCUT2D eigenvalue weighted by Crippen LogP contribution is -1.96. The van der Waals surface area contributed by atoms with Gasteiger partial charge in [0.1, 0.15) is 6.79 Å². The first kappa shape index (κ1) is 9.79. The number of rotatable bonds is 4. The van der Waals surface area contributed by atoms with Crippen molar-refractivity contribution in [2.45, 2.75) is 6.61 Å². The van der Waals surface area contributed by atoms with E-state index in [4.69, 9.17) is 15.9 Å². The van der Waals surface area contributed by atoms with Crippen LogP contribution in [0.2, 0.25) is 0 Å². The van der Waals surface area contributed by atoms with Crippen LogP contribution in [0.5, 0.6) is 0 Å². The predicted molar refractivity (Wildman–Crippen MR) is 51.0 cm³/mol. The zero-order valence-corrected chi connectivity index (χ0v) is 7.62. The van der Waals surface area contributed by atoms with Crippen LogP contribution in [0.3, 0.4) is 0 Å². The first-order valence-corrected chi connectivity index (χ1v) is 3.99. The summed E-state index contributed by atoms with van der Waals surface area (Å²) >= 11 is 0. The minimum atomic E-state index is 0.306. The fraction of sp³-hybridized carbons (Fsp3) is 0.273. The molecule has 0 N–H and O–H groups in total. The summed E-state index contributed by atoms with van der Waals surface area (Å²) in [5, 5.41) is 0. The Kier molecular flexibility index (Phi) is 4.04. The van der Waals surface area contributed by atoms with E-state index in [1.807, 2.05) is 24.3 Å². The molecule has 0 aliphatic carbocycles. The molecule has 0 bridgehead atoms. The van der Waals surface area contributed by atoms with Gasteiger partial charge in [-0.3, -0.25) is 0 Å². The van der Waals surface area contributed by atoms with Gasteiger partial charge in [0, 0.05) is 12.7 Å². The lowest BCUT2D eigenvalue weighted by Gasteiger charge is -2.02. The average molecular weight is 176 g/mol. The molecule has 0 fully saturated rings. The van der Waals surface area contributed by atoms with E-state index in [9.17, 15) is 0 Å². The summed E-state index contributed by atoms with van der Waals surface area (Å²) in [6, 6.07) is 7.70. The van der Waals surface area contributed by atoms with E-state index < -0.39 is 0 Å². The van der Waals surface area contributed by atoms with Gasteiger partial charge in [0.05, 0.1) is 6.61 Å². The molecule has 1 aromatic rings. The van der Waals surface area contributed by atoms with E-state index in [1.54, 1.807) is 7.11 Å². The molecule has 0 radical (unpaired) electrons. The van der Waals surface area contributed by atoms with Gasteiger partial charge in [0.2, 0.25) is 0 Å². The van der Waals surface area contributed by atoms with Gasteiger partial charge in [0.25, 0.3) is 0 Å².